The zero-order valence-corrected chi connectivity index (χ0v) is 18.2. The summed E-state index contributed by atoms with van der Waals surface area (Å²) in [5, 5.41) is 7.40. The van der Waals surface area contributed by atoms with Crippen molar-refractivity contribution in [3.8, 4) is 0 Å². The number of anilines is 2. The molecule has 160 valence electrons. The van der Waals surface area contributed by atoms with Gasteiger partial charge in [-0.3, -0.25) is 0 Å². The van der Waals surface area contributed by atoms with Gasteiger partial charge in [0, 0.05) is 56.4 Å². The maximum atomic E-state index is 4.88. The SMILES string of the molecule is CC(C)c1cc(NC2CCN(C3CC3)CC2)nc(NC2CCN(C3CC3)CC2)n1. The third kappa shape index (κ3) is 5.02. The molecule has 2 N–H and O–H groups in total. The smallest absolute Gasteiger partial charge is 0.225 e. The van der Waals surface area contributed by atoms with Crippen LogP contribution in [-0.4, -0.2) is 70.1 Å². The average molecular weight is 399 g/mol. The van der Waals surface area contributed by atoms with Crippen LogP contribution >= 0.6 is 0 Å². The van der Waals surface area contributed by atoms with Crippen molar-refractivity contribution in [2.45, 2.75) is 95.3 Å². The molecule has 4 fully saturated rings. The summed E-state index contributed by atoms with van der Waals surface area (Å²) in [7, 11) is 0. The van der Waals surface area contributed by atoms with Gasteiger partial charge in [0.2, 0.25) is 5.95 Å². The fraction of sp³-hybridized carbons (Fsp3) is 0.826. The molecule has 4 aliphatic rings. The van der Waals surface area contributed by atoms with Crippen molar-refractivity contribution in [3.63, 3.8) is 0 Å². The lowest BCUT2D eigenvalue weighted by Gasteiger charge is -2.33. The van der Waals surface area contributed by atoms with Crippen LogP contribution in [0, 0.1) is 0 Å². The van der Waals surface area contributed by atoms with Crippen molar-refractivity contribution in [1.82, 2.24) is 19.8 Å². The van der Waals surface area contributed by atoms with Gasteiger partial charge in [-0.1, -0.05) is 13.8 Å². The molecule has 0 unspecified atom stereocenters. The van der Waals surface area contributed by atoms with E-state index in [0.29, 0.717) is 18.0 Å². The molecular weight excluding hydrogens is 360 g/mol. The van der Waals surface area contributed by atoms with Gasteiger partial charge in [0.05, 0.1) is 5.69 Å². The minimum Gasteiger partial charge on any atom is -0.367 e. The minimum atomic E-state index is 0.410. The number of nitrogens with one attached hydrogen (secondary N) is 2. The Bertz CT molecular complexity index is 630. The number of rotatable bonds is 7. The van der Waals surface area contributed by atoms with E-state index < -0.39 is 0 Å². The predicted octanol–water partition coefficient (Wildman–Crippen LogP) is 3.68. The van der Waals surface area contributed by atoms with E-state index in [1.165, 1.54) is 77.5 Å². The molecule has 0 spiro atoms. The zero-order valence-electron chi connectivity index (χ0n) is 18.2. The van der Waals surface area contributed by atoms with Gasteiger partial charge in [-0.15, -0.1) is 0 Å². The minimum absolute atomic E-state index is 0.410. The van der Waals surface area contributed by atoms with Crippen LogP contribution in [0.2, 0.25) is 0 Å². The van der Waals surface area contributed by atoms with Gasteiger partial charge in [-0.05, 0) is 57.3 Å². The molecule has 3 heterocycles. The summed E-state index contributed by atoms with van der Waals surface area (Å²) in [6, 6.07) is 4.98. The van der Waals surface area contributed by atoms with Crippen LogP contribution in [0.15, 0.2) is 6.07 Å². The van der Waals surface area contributed by atoms with Gasteiger partial charge in [0.15, 0.2) is 0 Å². The lowest BCUT2D eigenvalue weighted by atomic mass is 10.0. The summed E-state index contributed by atoms with van der Waals surface area (Å²) in [4.78, 5) is 15.1. The van der Waals surface area contributed by atoms with Crippen molar-refractivity contribution in [1.29, 1.82) is 0 Å². The Hall–Kier alpha value is -1.40. The van der Waals surface area contributed by atoms with E-state index in [1.54, 1.807) is 0 Å². The monoisotopic (exact) mass is 398 g/mol. The fourth-order valence-corrected chi connectivity index (χ4v) is 4.99. The predicted molar refractivity (Wildman–Crippen MR) is 119 cm³/mol. The molecule has 2 aliphatic carbocycles. The molecule has 6 heteroatoms. The first kappa shape index (κ1) is 19.6. The quantitative estimate of drug-likeness (QED) is 0.731. The number of piperidine rings is 2. The van der Waals surface area contributed by atoms with Gasteiger partial charge < -0.3 is 20.4 Å². The summed E-state index contributed by atoms with van der Waals surface area (Å²) in [6.45, 7) is 9.34. The summed E-state index contributed by atoms with van der Waals surface area (Å²) < 4.78 is 0. The standard InChI is InChI=1S/C23H38N6/c1-16(2)21-15-22(24-17-7-11-28(12-8-17)19-3-4-19)27-23(26-21)25-18-9-13-29(14-10-18)20-5-6-20/h15-20H,3-14H2,1-2H3,(H2,24,25,26,27). The topological polar surface area (TPSA) is 56.3 Å². The van der Waals surface area contributed by atoms with Gasteiger partial charge in [-0.25, -0.2) is 4.98 Å². The Balaban J connectivity index is 1.20. The third-order valence-corrected chi connectivity index (χ3v) is 7.21. The van der Waals surface area contributed by atoms with Gasteiger partial charge in [0.1, 0.15) is 5.82 Å². The second-order valence-corrected chi connectivity index (χ2v) is 10.0. The first-order valence-corrected chi connectivity index (χ1v) is 12.0. The lowest BCUT2D eigenvalue weighted by Crippen LogP contribution is -2.41. The van der Waals surface area contributed by atoms with Gasteiger partial charge >= 0.3 is 0 Å². The van der Waals surface area contributed by atoms with Crippen LogP contribution in [0.3, 0.4) is 0 Å². The van der Waals surface area contributed by atoms with Crippen molar-refractivity contribution >= 4 is 11.8 Å². The molecule has 0 radical (unpaired) electrons. The van der Waals surface area contributed by atoms with Crippen LogP contribution in [0.5, 0.6) is 0 Å². The molecule has 0 bridgehead atoms. The maximum Gasteiger partial charge on any atom is 0.225 e. The third-order valence-electron chi connectivity index (χ3n) is 7.21. The van der Waals surface area contributed by atoms with Gasteiger partial charge in [-0.2, -0.15) is 4.98 Å². The first-order valence-electron chi connectivity index (χ1n) is 12.0. The largest absolute Gasteiger partial charge is 0.367 e. The Labute approximate surface area is 175 Å². The zero-order chi connectivity index (χ0) is 19.8. The van der Waals surface area contributed by atoms with E-state index >= 15 is 0 Å². The van der Waals surface area contributed by atoms with Crippen molar-refractivity contribution < 1.29 is 0 Å². The molecule has 2 saturated heterocycles. The number of hydrogen-bond donors (Lipinski definition) is 2. The summed E-state index contributed by atoms with van der Waals surface area (Å²) in [6.07, 6.45) is 10.5. The van der Waals surface area contributed by atoms with Crippen LogP contribution in [0.25, 0.3) is 0 Å². The Morgan fingerprint density at radius 2 is 1.28 bits per heavy atom. The van der Waals surface area contributed by atoms with Crippen molar-refractivity contribution in [3.05, 3.63) is 11.8 Å². The highest BCUT2D eigenvalue weighted by atomic mass is 15.2. The molecule has 29 heavy (non-hydrogen) atoms. The van der Waals surface area contributed by atoms with Gasteiger partial charge in [0.25, 0.3) is 0 Å². The second kappa shape index (κ2) is 8.38. The number of nitrogens with zero attached hydrogens (tertiary/aromatic N) is 4. The highest BCUT2D eigenvalue weighted by molar-refractivity contribution is 5.44. The molecule has 6 nitrogen and oxygen atoms in total. The first-order chi connectivity index (χ1) is 14.1. The Morgan fingerprint density at radius 3 is 1.76 bits per heavy atom. The molecule has 0 atom stereocenters. The Kier molecular flexibility index (Phi) is 5.65. The van der Waals surface area contributed by atoms with E-state index in [2.05, 4.69) is 40.3 Å². The highest BCUT2D eigenvalue weighted by Crippen LogP contribution is 2.31. The lowest BCUT2D eigenvalue weighted by molar-refractivity contribution is 0.209. The number of hydrogen-bond acceptors (Lipinski definition) is 6. The Morgan fingerprint density at radius 1 is 0.759 bits per heavy atom. The maximum absolute atomic E-state index is 4.88. The van der Waals surface area contributed by atoms with Crippen LogP contribution in [0.4, 0.5) is 11.8 Å². The van der Waals surface area contributed by atoms with Crippen molar-refractivity contribution in [2.75, 3.05) is 36.8 Å². The number of likely N-dealkylation sites (tertiary alicyclic amines) is 2. The van der Waals surface area contributed by atoms with E-state index in [-0.39, 0.29) is 0 Å². The summed E-state index contributed by atoms with van der Waals surface area (Å²) in [5.74, 6) is 2.23. The van der Waals surface area contributed by atoms with E-state index in [4.69, 9.17) is 9.97 Å². The molecule has 1 aromatic heterocycles. The van der Waals surface area contributed by atoms with E-state index in [9.17, 15) is 0 Å². The molecule has 2 saturated carbocycles. The van der Waals surface area contributed by atoms with Crippen molar-refractivity contribution in [2.24, 2.45) is 0 Å². The second-order valence-electron chi connectivity index (χ2n) is 10.0. The van der Waals surface area contributed by atoms with Crippen LogP contribution in [0.1, 0.15) is 76.8 Å². The summed E-state index contributed by atoms with van der Waals surface area (Å²) >= 11 is 0. The van der Waals surface area contributed by atoms with Crippen LogP contribution < -0.4 is 10.6 Å². The fourth-order valence-electron chi connectivity index (χ4n) is 4.99. The molecule has 1 aromatic rings. The number of aromatic nitrogens is 2. The molecule has 5 rings (SSSR count). The normalized spacial score (nSPS) is 25.5. The van der Waals surface area contributed by atoms with E-state index in [1.807, 2.05) is 0 Å². The molecule has 2 aliphatic heterocycles. The highest BCUT2D eigenvalue weighted by Gasteiger charge is 2.33. The molecule has 0 aromatic carbocycles. The molecule has 0 amide bonds. The van der Waals surface area contributed by atoms with E-state index in [0.717, 1.165) is 29.5 Å². The average Bonchev–Trinajstić information content (AvgIpc) is 3.62. The molecular formula is C23H38N6. The van der Waals surface area contributed by atoms with Crippen LogP contribution in [-0.2, 0) is 0 Å². The summed E-state index contributed by atoms with van der Waals surface area (Å²) in [5.41, 5.74) is 1.14.